The maximum Gasteiger partial charge on any atom is 0.129 e. The first kappa shape index (κ1) is 11.6. The van der Waals surface area contributed by atoms with E-state index >= 15 is 0 Å². The van der Waals surface area contributed by atoms with Crippen molar-refractivity contribution in [2.75, 3.05) is 12.9 Å². The Morgan fingerprint density at radius 2 is 2.00 bits per heavy atom. The fraction of sp³-hybridized carbons (Fsp3) is 1.00. The molecule has 0 aromatic heterocycles. The summed E-state index contributed by atoms with van der Waals surface area (Å²) < 4.78 is 5.20. The Kier molecular flexibility index (Phi) is 4.34. The van der Waals surface area contributed by atoms with Gasteiger partial charge in [0.1, 0.15) is 11.5 Å². The van der Waals surface area contributed by atoms with Gasteiger partial charge in [-0.15, -0.1) is 12.6 Å². The Bertz CT molecular complexity index is 167. The minimum absolute atomic E-state index is 0.174. The highest BCUT2D eigenvalue weighted by atomic mass is 32.2. The van der Waals surface area contributed by atoms with Crippen LogP contribution in [0.2, 0.25) is 0 Å². The number of rotatable bonds is 2. The smallest absolute Gasteiger partial charge is 0.129 e. The molecule has 5 atom stereocenters. The van der Waals surface area contributed by atoms with Crippen molar-refractivity contribution in [3.8, 4) is 0 Å². The van der Waals surface area contributed by atoms with Crippen LogP contribution in [0.3, 0.4) is 0 Å². The normalized spacial score (nSPS) is 46.4. The molecular formula is C7H14O4S2. The van der Waals surface area contributed by atoms with E-state index in [0.29, 0.717) is 0 Å². The molecule has 3 N–H and O–H groups in total. The molecule has 0 amide bonds. The van der Waals surface area contributed by atoms with Crippen LogP contribution in [0.1, 0.15) is 0 Å². The van der Waals surface area contributed by atoms with Gasteiger partial charge in [-0.05, 0) is 6.26 Å². The molecule has 4 nitrogen and oxygen atoms in total. The lowest BCUT2D eigenvalue weighted by Crippen LogP contribution is -2.55. The third-order valence-electron chi connectivity index (χ3n) is 2.11. The van der Waals surface area contributed by atoms with Crippen LogP contribution in [-0.4, -0.2) is 57.2 Å². The van der Waals surface area contributed by atoms with E-state index in [-0.39, 0.29) is 11.9 Å². The number of aliphatic hydroxyl groups is 3. The number of aliphatic hydroxyl groups excluding tert-OH is 3. The molecule has 6 heteroatoms. The Labute approximate surface area is 86.7 Å². The maximum absolute atomic E-state index is 9.60. The zero-order valence-electron chi connectivity index (χ0n) is 7.20. The number of hydrogen-bond donors (Lipinski definition) is 4. The summed E-state index contributed by atoms with van der Waals surface area (Å²) in [5.74, 6) is 0. The van der Waals surface area contributed by atoms with Crippen molar-refractivity contribution in [2.45, 2.75) is 29.0 Å². The van der Waals surface area contributed by atoms with Gasteiger partial charge >= 0.3 is 0 Å². The average molecular weight is 226 g/mol. The fourth-order valence-corrected chi connectivity index (χ4v) is 2.58. The zero-order chi connectivity index (χ0) is 10.0. The van der Waals surface area contributed by atoms with E-state index < -0.39 is 23.7 Å². The lowest BCUT2D eigenvalue weighted by Gasteiger charge is -2.39. The molecule has 1 saturated heterocycles. The van der Waals surface area contributed by atoms with Gasteiger partial charge in [-0.1, -0.05) is 0 Å². The lowest BCUT2D eigenvalue weighted by atomic mass is 10.0. The highest BCUT2D eigenvalue weighted by molar-refractivity contribution is 7.99. The second kappa shape index (κ2) is 4.86. The van der Waals surface area contributed by atoms with Gasteiger partial charge in [-0.25, -0.2) is 0 Å². The van der Waals surface area contributed by atoms with Gasteiger partial charge in [0.05, 0.1) is 24.1 Å². The largest absolute Gasteiger partial charge is 0.394 e. The molecule has 78 valence electrons. The van der Waals surface area contributed by atoms with E-state index in [0.717, 1.165) is 0 Å². The summed E-state index contributed by atoms with van der Waals surface area (Å²) in [5.41, 5.74) is -0.726. The van der Waals surface area contributed by atoms with E-state index in [1.165, 1.54) is 11.8 Å². The Hall–Kier alpha value is 0.540. The third kappa shape index (κ3) is 2.31. The van der Waals surface area contributed by atoms with Crippen LogP contribution < -0.4 is 0 Å². The SMILES string of the molecule is CS[C@H]1[C@H](O)[C@@H](O)[C@@H](S)O[C@@H]1CO. The maximum atomic E-state index is 9.60. The van der Waals surface area contributed by atoms with Crippen molar-refractivity contribution in [3.05, 3.63) is 0 Å². The van der Waals surface area contributed by atoms with Crippen LogP contribution in [0.5, 0.6) is 0 Å². The molecule has 1 rings (SSSR count). The third-order valence-corrected chi connectivity index (χ3v) is 3.67. The van der Waals surface area contributed by atoms with Gasteiger partial charge < -0.3 is 20.1 Å². The molecule has 1 aliphatic rings. The Balaban J connectivity index is 2.69. The highest BCUT2D eigenvalue weighted by Gasteiger charge is 2.42. The number of hydrogen-bond acceptors (Lipinski definition) is 6. The molecule has 0 aromatic rings. The van der Waals surface area contributed by atoms with Crippen LogP contribution in [0.25, 0.3) is 0 Å². The van der Waals surface area contributed by atoms with Gasteiger partial charge in [0, 0.05) is 0 Å². The number of thioether (sulfide) groups is 1. The monoisotopic (exact) mass is 226 g/mol. The molecule has 0 bridgehead atoms. The average Bonchev–Trinajstić information content (AvgIpc) is 2.13. The van der Waals surface area contributed by atoms with Crippen molar-refractivity contribution < 1.29 is 20.1 Å². The molecular weight excluding hydrogens is 212 g/mol. The zero-order valence-corrected chi connectivity index (χ0v) is 8.91. The van der Waals surface area contributed by atoms with Crippen molar-refractivity contribution >= 4 is 24.4 Å². The first-order valence-corrected chi connectivity index (χ1v) is 5.75. The summed E-state index contributed by atoms with van der Waals surface area (Å²) in [6.07, 6.45) is -0.561. The van der Waals surface area contributed by atoms with E-state index in [2.05, 4.69) is 12.6 Å². The van der Waals surface area contributed by atoms with E-state index in [1.54, 1.807) is 6.26 Å². The molecule has 0 saturated carbocycles. The molecule has 1 heterocycles. The second-order valence-electron chi connectivity index (χ2n) is 2.93. The molecule has 0 spiro atoms. The summed E-state index contributed by atoms with van der Waals surface area (Å²) in [6, 6.07) is 0. The first-order valence-electron chi connectivity index (χ1n) is 3.95. The lowest BCUT2D eigenvalue weighted by molar-refractivity contribution is -0.139. The van der Waals surface area contributed by atoms with Gasteiger partial charge in [0.2, 0.25) is 0 Å². The Morgan fingerprint density at radius 3 is 2.46 bits per heavy atom. The van der Waals surface area contributed by atoms with Gasteiger partial charge in [0.15, 0.2) is 0 Å². The topological polar surface area (TPSA) is 69.9 Å². The predicted octanol–water partition coefficient (Wildman–Crippen LogP) is -0.913. The first-order chi connectivity index (χ1) is 6.11. The van der Waals surface area contributed by atoms with Gasteiger partial charge in [0.25, 0.3) is 0 Å². The summed E-state index contributed by atoms with van der Waals surface area (Å²) in [5, 5.41) is 27.7. The van der Waals surface area contributed by atoms with Crippen LogP contribution in [0.15, 0.2) is 0 Å². The fourth-order valence-electron chi connectivity index (χ4n) is 1.36. The molecule has 1 aliphatic heterocycles. The highest BCUT2D eigenvalue weighted by Crippen LogP contribution is 2.29. The van der Waals surface area contributed by atoms with Crippen LogP contribution in [-0.2, 0) is 4.74 Å². The molecule has 0 unspecified atom stereocenters. The van der Waals surface area contributed by atoms with Crippen molar-refractivity contribution in [2.24, 2.45) is 0 Å². The van der Waals surface area contributed by atoms with Gasteiger partial charge in [-0.3, -0.25) is 0 Å². The quantitative estimate of drug-likeness (QED) is 0.459. The Morgan fingerprint density at radius 1 is 1.38 bits per heavy atom. The minimum Gasteiger partial charge on any atom is -0.394 e. The standard InChI is InChI=1S/C7H14O4S2/c1-13-6-3(2-8)11-7(12)5(10)4(6)9/h3-10,12H,2H2,1H3/t3-,4-,5-,6-,7-/m1/s1. The minimum atomic E-state index is -0.997. The molecule has 0 aliphatic carbocycles. The molecule has 0 aromatic carbocycles. The van der Waals surface area contributed by atoms with E-state index in [4.69, 9.17) is 9.84 Å². The van der Waals surface area contributed by atoms with Crippen molar-refractivity contribution in [3.63, 3.8) is 0 Å². The molecule has 1 fully saturated rings. The predicted molar refractivity (Wildman–Crippen MR) is 54.0 cm³/mol. The molecule has 0 radical (unpaired) electrons. The summed E-state index contributed by atoms with van der Waals surface area (Å²) in [7, 11) is 0. The van der Waals surface area contributed by atoms with E-state index in [9.17, 15) is 10.2 Å². The second-order valence-corrected chi connectivity index (χ2v) is 4.45. The van der Waals surface area contributed by atoms with Crippen LogP contribution >= 0.6 is 24.4 Å². The van der Waals surface area contributed by atoms with Crippen molar-refractivity contribution in [1.82, 2.24) is 0 Å². The van der Waals surface area contributed by atoms with Crippen LogP contribution in [0.4, 0.5) is 0 Å². The van der Waals surface area contributed by atoms with Crippen LogP contribution in [0, 0.1) is 0 Å². The molecule has 13 heavy (non-hydrogen) atoms. The van der Waals surface area contributed by atoms with E-state index in [1.807, 2.05) is 0 Å². The summed E-state index contributed by atoms with van der Waals surface area (Å²) in [6.45, 7) is -0.174. The van der Waals surface area contributed by atoms with Gasteiger partial charge in [-0.2, -0.15) is 11.8 Å². The number of thiol groups is 1. The summed E-state index contributed by atoms with van der Waals surface area (Å²) in [4.78, 5) is 0. The number of ether oxygens (including phenoxy) is 1. The van der Waals surface area contributed by atoms with Crippen molar-refractivity contribution in [1.29, 1.82) is 0 Å². The summed E-state index contributed by atoms with van der Waals surface area (Å²) >= 11 is 5.32.